The van der Waals surface area contributed by atoms with Crippen molar-refractivity contribution in [1.82, 2.24) is 14.8 Å². The van der Waals surface area contributed by atoms with E-state index in [-0.39, 0.29) is 0 Å². The summed E-state index contributed by atoms with van der Waals surface area (Å²) in [7, 11) is 0. The molecule has 0 aromatic carbocycles. The number of aliphatic carboxylic acids is 1. The maximum atomic E-state index is 11.7. The molecule has 1 fully saturated rings. The van der Waals surface area contributed by atoms with E-state index in [2.05, 4.69) is 14.8 Å². The van der Waals surface area contributed by atoms with E-state index in [9.17, 15) is 9.90 Å². The molecule has 0 aliphatic carbocycles. The van der Waals surface area contributed by atoms with Gasteiger partial charge in [-0.15, -0.1) is 0 Å². The Morgan fingerprint density at radius 3 is 2.74 bits per heavy atom. The van der Waals surface area contributed by atoms with Crippen molar-refractivity contribution in [2.45, 2.75) is 19.0 Å². The van der Waals surface area contributed by atoms with Crippen LogP contribution in [0, 0.1) is 0 Å². The molecule has 2 aromatic heterocycles. The van der Waals surface area contributed by atoms with Crippen molar-refractivity contribution in [1.29, 1.82) is 0 Å². The highest BCUT2D eigenvalue weighted by Gasteiger charge is 2.29. The summed E-state index contributed by atoms with van der Waals surface area (Å²) in [4.78, 5) is 20.3. The normalized spacial score (nSPS) is 18.4. The van der Waals surface area contributed by atoms with Gasteiger partial charge in [0, 0.05) is 38.6 Å². The first-order valence-corrected chi connectivity index (χ1v) is 8.78. The van der Waals surface area contributed by atoms with Gasteiger partial charge < -0.3 is 5.11 Å². The van der Waals surface area contributed by atoms with Crippen LogP contribution in [0.5, 0.6) is 0 Å². The molecule has 122 valence electrons. The molecule has 1 saturated heterocycles. The van der Waals surface area contributed by atoms with Gasteiger partial charge in [-0.3, -0.25) is 19.6 Å². The van der Waals surface area contributed by atoms with Crippen LogP contribution in [0.15, 0.2) is 41.4 Å². The molecule has 6 heteroatoms. The van der Waals surface area contributed by atoms with Gasteiger partial charge in [-0.2, -0.15) is 11.3 Å². The molecule has 1 atom stereocenters. The van der Waals surface area contributed by atoms with Crippen molar-refractivity contribution in [2.24, 2.45) is 0 Å². The molecule has 0 saturated carbocycles. The fourth-order valence-electron chi connectivity index (χ4n) is 3.09. The van der Waals surface area contributed by atoms with Crippen LogP contribution in [0.4, 0.5) is 0 Å². The molecule has 3 rings (SSSR count). The van der Waals surface area contributed by atoms with E-state index in [4.69, 9.17) is 0 Å². The van der Waals surface area contributed by atoms with E-state index in [0.717, 1.165) is 44.7 Å². The number of carboxylic acids is 1. The summed E-state index contributed by atoms with van der Waals surface area (Å²) >= 11 is 1.55. The molecule has 3 heterocycles. The zero-order valence-electron chi connectivity index (χ0n) is 13.0. The van der Waals surface area contributed by atoms with Crippen LogP contribution in [0.3, 0.4) is 0 Å². The SMILES string of the molecule is O=C(O)[C@@H](c1ccsc1)N1CCCN(Cc2ccncc2)CC1. The molecule has 0 unspecified atom stereocenters. The number of carbonyl (C=O) groups is 1. The Balaban J connectivity index is 1.64. The monoisotopic (exact) mass is 331 g/mol. The number of hydrogen-bond donors (Lipinski definition) is 1. The van der Waals surface area contributed by atoms with Crippen LogP contribution >= 0.6 is 11.3 Å². The van der Waals surface area contributed by atoms with Crippen LogP contribution in [0.25, 0.3) is 0 Å². The van der Waals surface area contributed by atoms with Gasteiger partial charge in [0.1, 0.15) is 6.04 Å². The minimum atomic E-state index is -0.758. The lowest BCUT2D eigenvalue weighted by molar-refractivity contribution is -0.143. The molecule has 2 aromatic rings. The van der Waals surface area contributed by atoms with Crippen molar-refractivity contribution in [3.05, 3.63) is 52.5 Å². The van der Waals surface area contributed by atoms with E-state index in [1.54, 1.807) is 11.3 Å². The summed E-state index contributed by atoms with van der Waals surface area (Å²) in [5, 5.41) is 13.5. The maximum Gasteiger partial charge on any atom is 0.325 e. The summed E-state index contributed by atoms with van der Waals surface area (Å²) in [6.45, 7) is 4.37. The third kappa shape index (κ3) is 4.16. The zero-order chi connectivity index (χ0) is 16.1. The largest absolute Gasteiger partial charge is 0.480 e. The Morgan fingerprint density at radius 1 is 1.22 bits per heavy atom. The van der Waals surface area contributed by atoms with Crippen LogP contribution in [-0.4, -0.2) is 52.0 Å². The molecule has 1 aliphatic heterocycles. The number of carboxylic acid groups (broad SMARTS) is 1. The lowest BCUT2D eigenvalue weighted by Crippen LogP contribution is -2.37. The predicted molar refractivity (Wildman–Crippen MR) is 90.4 cm³/mol. The van der Waals surface area contributed by atoms with Gasteiger partial charge >= 0.3 is 5.97 Å². The molecule has 0 spiro atoms. The number of nitrogens with zero attached hydrogens (tertiary/aromatic N) is 3. The van der Waals surface area contributed by atoms with Crippen LogP contribution < -0.4 is 0 Å². The fourth-order valence-corrected chi connectivity index (χ4v) is 3.77. The zero-order valence-corrected chi connectivity index (χ0v) is 13.8. The lowest BCUT2D eigenvalue weighted by Gasteiger charge is -2.27. The first kappa shape index (κ1) is 16.1. The molecule has 0 radical (unpaired) electrons. The Kier molecular flexibility index (Phi) is 5.38. The quantitative estimate of drug-likeness (QED) is 0.912. The summed E-state index contributed by atoms with van der Waals surface area (Å²) in [5.74, 6) is -0.758. The molecule has 23 heavy (non-hydrogen) atoms. The molecular formula is C17H21N3O2S. The molecule has 0 bridgehead atoms. The number of rotatable bonds is 5. The lowest BCUT2D eigenvalue weighted by atomic mass is 10.1. The Morgan fingerprint density at radius 2 is 2.04 bits per heavy atom. The second kappa shape index (κ2) is 7.68. The van der Waals surface area contributed by atoms with Crippen molar-refractivity contribution in [3.63, 3.8) is 0 Å². The summed E-state index contributed by atoms with van der Waals surface area (Å²) in [6, 6.07) is 5.47. The van der Waals surface area contributed by atoms with Crippen LogP contribution in [0.2, 0.25) is 0 Å². The number of pyridine rings is 1. The molecule has 1 N–H and O–H groups in total. The second-order valence-corrected chi connectivity index (χ2v) is 6.60. The van der Waals surface area contributed by atoms with Gasteiger partial charge in [-0.1, -0.05) is 0 Å². The van der Waals surface area contributed by atoms with Gasteiger partial charge in [0.15, 0.2) is 0 Å². The van der Waals surface area contributed by atoms with Gasteiger partial charge in [-0.25, -0.2) is 0 Å². The predicted octanol–water partition coefficient (Wildman–Crippen LogP) is 2.48. The average Bonchev–Trinajstić information content (AvgIpc) is 2.97. The van der Waals surface area contributed by atoms with Gasteiger partial charge in [0.05, 0.1) is 0 Å². The number of aromatic nitrogens is 1. The Bertz CT molecular complexity index is 618. The first-order chi connectivity index (χ1) is 11.2. The number of thiophene rings is 1. The molecular weight excluding hydrogens is 310 g/mol. The summed E-state index contributed by atoms with van der Waals surface area (Å²) < 4.78 is 0. The third-order valence-corrected chi connectivity index (χ3v) is 4.94. The van der Waals surface area contributed by atoms with Crippen molar-refractivity contribution in [3.8, 4) is 0 Å². The Labute approximate surface area is 140 Å². The maximum absolute atomic E-state index is 11.7. The summed E-state index contributed by atoms with van der Waals surface area (Å²) in [5.41, 5.74) is 2.14. The van der Waals surface area contributed by atoms with Gasteiger partial charge in [-0.05, 0) is 53.1 Å². The second-order valence-electron chi connectivity index (χ2n) is 5.82. The molecule has 5 nitrogen and oxygen atoms in total. The smallest absolute Gasteiger partial charge is 0.325 e. The van der Waals surface area contributed by atoms with Crippen molar-refractivity contribution >= 4 is 17.3 Å². The van der Waals surface area contributed by atoms with Crippen LogP contribution in [0.1, 0.15) is 23.6 Å². The third-order valence-electron chi connectivity index (χ3n) is 4.24. The van der Waals surface area contributed by atoms with Gasteiger partial charge in [0.2, 0.25) is 0 Å². The van der Waals surface area contributed by atoms with E-state index in [0.29, 0.717) is 0 Å². The topological polar surface area (TPSA) is 56.7 Å². The first-order valence-electron chi connectivity index (χ1n) is 7.84. The average molecular weight is 331 g/mol. The van der Waals surface area contributed by atoms with Crippen molar-refractivity contribution in [2.75, 3.05) is 26.2 Å². The van der Waals surface area contributed by atoms with E-state index in [1.807, 2.05) is 41.4 Å². The molecule has 0 amide bonds. The van der Waals surface area contributed by atoms with E-state index in [1.165, 1.54) is 5.56 Å². The van der Waals surface area contributed by atoms with Crippen molar-refractivity contribution < 1.29 is 9.90 Å². The highest BCUT2D eigenvalue weighted by Crippen LogP contribution is 2.25. The highest BCUT2D eigenvalue weighted by atomic mass is 32.1. The van der Waals surface area contributed by atoms with Crippen LogP contribution in [-0.2, 0) is 11.3 Å². The molecule has 1 aliphatic rings. The fraction of sp³-hybridized carbons (Fsp3) is 0.412. The number of hydrogen-bond acceptors (Lipinski definition) is 5. The standard InChI is InChI=1S/C17H21N3O2S/c21-17(22)16(15-4-11-23-13-15)20-8-1-7-19(9-10-20)12-14-2-5-18-6-3-14/h2-6,11,13,16H,1,7-10,12H2,(H,21,22)/t16-/m1/s1. The van der Waals surface area contributed by atoms with E-state index < -0.39 is 12.0 Å². The van der Waals surface area contributed by atoms with E-state index >= 15 is 0 Å². The minimum absolute atomic E-state index is 0.526. The minimum Gasteiger partial charge on any atom is -0.480 e. The highest BCUT2D eigenvalue weighted by molar-refractivity contribution is 7.08. The summed E-state index contributed by atoms with van der Waals surface area (Å²) in [6.07, 6.45) is 4.62. The Hall–Kier alpha value is -1.76. The van der Waals surface area contributed by atoms with Gasteiger partial charge in [0.25, 0.3) is 0 Å².